The summed E-state index contributed by atoms with van der Waals surface area (Å²) in [6.45, 7) is 19.5. The number of nitrogens with two attached hydrogens (primary N) is 1. The molecule has 4 aliphatic rings. The predicted molar refractivity (Wildman–Crippen MR) is 364 cm³/mol. The highest BCUT2D eigenvalue weighted by Gasteiger charge is 2.78. The summed E-state index contributed by atoms with van der Waals surface area (Å²) in [7, 11) is 5.50. The van der Waals surface area contributed by atoms with Crippen molar-refractivity contribution in [2.45, 2.75) is 193 Å². The Morgan fingerprint density at radius 3 is 1.98 bits per heavy atom. The van der Waals surface area contributed by atoms with Gasteiger partial charge in [0.05, 0.1) is 35.6 Å². The van der Waals surface area contributed by atoms with Gasteiger partial charge in [0.25, 0.3) is 0 Å². The van der Waals surface area contributed by atoms with Crippen LogP contribution < -0.4 is 32.3 Å². The van der Waals surface area contributed by atoms with Gasteiger partial charge in [-0.2, -0.15) is 0 Å². The van der Waals surface area contributed by atoms with Crippen LogP contribution in [-0.4, -0.2) is 201 Å². The molecule has 1 unspecified atom stereocenters. The average molecular weight is 1400 g/mol. The van der Waals surface area contributed by atoms with Crippen LogP contribution in [0.2, 0.25) is 0 Å². The highest BCUT2D eigenvalue weighted by Crippen LogP contribution is 2.65. The number of nitrogens with one attached hydrogen (secondary N) is 5. The first-order valence-electron chi connectivity index (χ1n) is 33.6. The van der Waals surface area contributed by atoms with Crippen LogP contribution in [0.25, 0.3) is 0 Å². The molecule has 1 saturated heterocycles. The van der Waals surface area contributed by atoms with E-state index in [9.17, 15) is 43.5 Å². The number of benzene rings is 3. The first-order valence-corrected chi connectivity index (χ1v) is 33.6. The molecule has 2 bridgehead atoms. The quantitative estimate of drug-likeness (QED) is 0.0178. The first-order chi connectivity index (χ1) is 46.9. The maximum Gasteiger partial charge on any atom is 0.410 e. The van der Waals surface area contributed by atoms with Crippen LogP contribution >= 0.6 is 0 Å². The second kappa shape index (κ2) is 32.7. The Morgan fingerprint density at radius 1 is 0.810 bits per heavy atom. The summed E-state index contributed by atoms with van der Waals surface area (Å²) in [5, 5.41) is 28.3. The average Bonchev–Trinajstić information content (AvgIpc) is 0.669. The van der Waals surface area contributed by atoms with Gasteiger partial charge >= 0.3 is 42.2 Å². The number of amides is 7. The van der Waals surface area contributed by atoms with Crippen molar-refractivity contribution >= 4 is 65.5 Å². The lowest BCUT2D eigenvalue weighted by molar-refractivity contribution is -0.347. The Hall–Kier alpha value is -8.70. The Kier molecular flexibility index (Phi) is 25.7. The molecule has 28 heteroatoms. The fraction of sp³-hybridized carbons (Fsp3) is 0.583. The van der Waals surface area contributed by atoms with Gasteiger partial charge in [-0.25, -0.2) is 28.8 Å². The second-order valence-electron chi connectivity index (χ2n) is 28.5. The van der Waals surface area contributed by atoms with Crippen LogP contribution in [0.5, 0.6) is 0 Å². The van der Waals surface area contributed by atoms with Crippen molar-refractivity contribution in [2.24, 2.45) is 28.4 Å². The number of ketones is 1. The number of urea groups is 1. The Labute approximate surface area is 584 Å². The highest BCUT2D eigenvalue weighted by atomic mass is 16.6. The molecule has 0 spiro atoms. The minimum absolute atomic E-state index is 0.00987. The highest BCUT2D eigenvalue weighted by molar-refractivity contribution is 5.98. The van der Waals surface area contributed by atoms with Crippen LogP contribution in [0.15, 0.2) is 96.1 Å². The lowest BCUT2D eigenvalue weighted by Crippen LogP contribution is -2.82. The van der Waals surface area contributed by atoms with Gasteiger partial charge in [-0.15, -0.1) is 0 Å². The zero-order valence-electron chi connectivity index (χ0n) is 60.1. The molecule has 548 valence electrons. The van der Waals surface area contributed by atoms with E-state index < -0.39 is 149 Å². The van der Waals surface area contributed by atoms with E-state index in [4.69, 9.17) is 48.4 Å². The van der Waals surface area contributed by atoms with Crippen molar-refractivity contribution < 1.29 is 95.7 Å². The Bertz CT molecular complexity index is 3470. The summed E-state index contributed by atoms with van der Waals surface area (Å²) in [4.78, 5) is 142. The molecule has 7 rings (SSSR count). The van der Waals surface area contributed by atoms with Gasteiger partial charge in [0, 0.05) is 84.9 Å². The molecule has 1 aliphatic heterocycles. The first kappa shape index (κ1) is 78.6. The molecular weight excluding hydrogens is 1300 g/mol. The van der Waals surface area contributed by atoms with Gasteiger partial charge in [-0.3, -0.25) is 19.2 Å². The third kappa shape index (κ3) is 17.7. The van der Waals surface area contributed by atoms with E-state index in [2.05, 4.69) is 26.6 Å². The number of Topliss-reactive ketones (excluding diaryl/α,β-unsaturated/α-hetero) is 1. The number of ether oxygens (including phenoxy) is 9. The molecule has 0 radical (unpaired) electrons. The minimum Gasteiger partial charge on any atom is -0.455 e. The van der Waals surface area contributed by atoms with Gasteiger partial charge in [-0.05, 0) is 99.9 Å². The molecule has 100 heavy (non-hydrogen) atoms. The topological polar surface area (TPSA) is 367 Å². The molecule has 3 fully saturated rings. The molecule has 8 N–H and O–H groups in total. The monoisotopic (exact) mass is 1400 g/mol. The molecule has 13 atom stereocenters. The van der Waals surface area contributed by atoms with Gasteiger partial charge in [0.2, 0.25) is 17.9 Å². The molecule has 3 aromatic rings. The van der Waals surface area contributed by atoms with E-state index in [1.54, 1.807) is 121 Å². The molecule has 1 heterocycles. The van der Waals surface area contributed by atoms with E-state index in [0.717, 1.165) is 4.90 Å². The maximum atomic E-state index is 16.0. The molecular formula is C72H100N8O20. The van der Waals surface area contributed by atoms with Crippen molar-refractivity contribution in [3.05, 3.63) is 113 Å². The van der Waals surface area contributed by atoms with Crippen molar-refractivity contribution in [3.63, 3.8) is 0 Å². The predicted octanol–water partition coefficient (Wildman–Crippen LogP) is 6.81. The second-order valence-corrected chi connectivity index (χ2v) is 28.5. The molecule has 28 nitrogen and oxygen atoms in total. The Morgan fingerprint density at radius 2 is 1.43 bits per heavy atom. The third-order valence-corrected chi connectivity index (χ3v) is 19.3. The number of rotatable bonds is 27. The van der Waals surface area contributed by atoms with Crippen LogP contribution in [-0.2, 0) is 73.2 Å². The summed E-state index contributed by atoms with van der Waals surface area (Å²) in [6, 6.07) is 18.6. The third-order valence-electron chi connectivity index (χ3n) is 19.3. The molecule has 7 amide bonds. The van der Waals surface area contributed by atoms with E-state index in [0.29, 0.717) is 17.7 Å². The molecule has 3 aromatic carbocycles. The van der Waals surface area contributed by atoms with Crippen LogP contribution in [0.4, 0.5) is 24.9 Å². The van der Waals surface area contributed by atoms with E-state index in [1.165, 1.54) is 52.3 Å². The Balaban J connectivity index is 1.14. The van der Waals surface area contributed by atoms with Crippen LogP contribution in [0.3, 0.4) is 0 Å². The lowest BCUT2D eigenvalue weighted by atomic mass is 9.44. The zero-order valence-corrected chi connectivity index (χ0v) is 60.1. The summed E-state index contributed by atoms with van der Waals surface area (Å²) in [6.07, 6.45) is -11.8. The number of alkyl carbamates (subject to hydrolysis) is 1. The minimum atomic E-state index is -2.38. The number of esters is 3. The number of likely N-dealkylation sites (N-methyl/N-ethyl adjacent to an activating group) is 2. The van der Waals surface area contributed by atoms with E-state index in [1.807, 2.05) is 27.7 Å². The van der Waals surface area contributed by atoms with Crippen molar-refractivity contribution in [2.75, 3.05) is 59.9 Å². The fourth-order valence-corrected chi connectivity index (χ4v) is 14.0. The summed E-state index contributed by atoms with van der Waals surface area (Å²) in [5.74, 6) is -5.89. The van der Waals surface area contributed by atoms with Crippen molar-refractivity contribution in [1.82, 2.24) is 31.1 Å². The zero-order chi connectivity index (χ0) is 74.0. The number of anilines is 1. The number of aliphatic hydroxyl groups is 1. The number of carbonyl (C=O) groups excluding carboxylic acids is 10. The van der Waals surface area contributed by atoms with Crippen LogP contribution in [0.1, 0.15) is 136 Å². The van der Waals surface area contributed by atoms with E-state index >= 15 is 9.59 Å². The number of nitrogens with zero attached hydrogens (tertiary/aromatic N) is 2. The van der Waals surface area contributed by atoms with Gasteiger partial charge in [-0.1, -0.05) is 102 Å². The maximum absolute atomic E-state index is 16.0. The van der Waals surface area contributed by atoms with E-state index in [-0.39, 0.29) is 85.8 Å². The molecule has 0 aromatic heterocycles. The normalized spacial score (nSPS) is 24.9. The summed E-state index contributed by atoms with van der Waals surface area (Å²) in [5.41, 5.74) is -1.66. The molecule has 2 saturated carbocycles. The number of methoxy groups -OCH3 is 2. The van der Waals surface area contributed by atoms with Crippen molar-refractivity contribution in [3.8, 4) is 0 Å². The van der Waals surface area contributed by atoms with Gasteiger partial charge in [0.1, 0.15) is 54.3 Å². The van der Waals surface area contributed by atoms with Crippen molar-refractivity contribution in [1.29, 1.82) is 0 Å². The van der Waals surface area contributed by atoms with Crippen LogP contribution in [0, 0.1) is 22.7 Å². The summed E-state index contributed by atoms with van der Waals surface area (Å²) >= 11 is 0. The fourth-order valence-electron chi connectivity index (χ4n) is 14.0. The lowest BCUT2D eigenvalue weighted by Gasteiger charge is -2.67. The number of fused-ring (bicyclic) bond motifs is 5. The standard InChI is InChI=1S/C72H100N8O20/c1-40(2)53(75-41(3)4)61(84)77-48(28-23-33-74-64(73)87)60(83)76-47-31-29-44(30-32-47)38-94-66(89)79(13)34-35-80(14)67(90)97-56(54(45-24-19-17-20-25-45)78-65(88)100-68(7,8)9)63(86)96-49-37-72(91)59(98-62(85)46-26-21-18-22-27-46)57-70(12,58(82)55(93-16)52(42(49)5)69(72,10)11)50(92-15)36-51-71(57,39-95-51)99-43(6)81/h17-22,24-27,29-32,40-41,48-51,53-57,59,75,91H,23,28,33-39H2,1-16H3,(H,76,83)(H,77,84)(H,78,88)(H3,73,74,87)/t48-,49-,50-,51+,53-,54-,55+,56+,57?,59-,70+,71-,72+/m0/s1. The van der Waals surface area contributed by atoms with Gasteiger partial charge < -0.3 is 89.9 Å². The number of hydrogen-bond donors (Lipinski definition) is 7. The number of primary amides is 1. The largest absolute Gasteiger partial charge is 0.455 e. The molecule has 3 aliphatic carbocycles. The number of hydrogen-bond acceptors (Lipinski definition) is 21. The number of carbonyl (C=O) groups is 10. The summed E-state index contributed by atoms with van der Waals surface area (Å²) < 4.78 is 55.3. The van der Waals surface area contributed by atoms with Gasteiger partial charge in [0.15, 0.2) is 11.4 Å². The SMILES string of the molecule is CO[C@H]1C(=O)[C@@]2(C)C([C@H](OC(=O)c3ccccc3)[C@]3(O)C[C@H](OC(=O)[C@H](OC(=O)N(C)CCN(C)C(=O)OCc4ccc(NC(=O)[C@H](CCCNC(N)=O)NC(=O)[C@@H](NC(C)C)C(C)C)cc4)[C@@H](NC(=O)OC(C)(C)C)c4ccccc4)C(C)=C1C3(C)C)[C@]1(OC(C)=O)CO[C@@H]1C[C@@H]2OC. The smallest absolute Gasteiger partial charge is 0.410 e.